The van der Waals surface area contributed by atoms with Crippen LogP contribution in [0.4, 0.5) is 0 Å². The van der Waals surface area contributed by atoms with E-state index in [9.17, 15) is 5.11 Å². The van der Waals surface area contributed by atoms with E-state index in [1.54, 1.807) is 14.2 Å². The summed E-state index contributed by atoms with van der Waals surface area (Å²) >= 11 is 0. The second kappa shape index (κ2) is 9.55. The van der Waals surface area contributed by atoms with Crippen molar-refractivity contribution in [2.24, 2.45) is 0 Å². The molecule has 0 unspecified atom stereocenters. The van der Waals surface area contributed by atoms with Crippen molar-refractivity contribution in [1.29, 1.82) is 0 Å². The fourth-order valence-electron chi connectivity index (χ4n) is 3.49. The van der Waals surface area contributed by atoms with Crippen LogP contribution >= 0.6 is 0 Å². The molecule has 0 saturated carbocycles. The lowest BCUT2D eigenvalue weighted by Gasteiger charge is -2.40. The van der Waals surface area contributed by atoms with E-state index in [0.717, 1.165) is 18.7 Å². The Hall–Kier alpha value is -2.34. The Bertz CT molecular complexity index is 747. The molecule has 2 atom stereocenters. The monoisotopic (exact) mass is 369 g/mol. The Morgan fingerprint density at radius 3 is 2.59 bits per heavy atom. The zero-order valence-corrected chi connectivity index (χ0v) is 15.9. The van der Waals surface area contributed by atoms with E-state index >= 15 is 0 Å². The van der Waals surface area contributed by atoms with E-state index < -0.39 is 0 Å². The highest BCUT2D eigenvalue weighted by atomic mass is 16.5. The normalized spacial score (nSPS) is 20.7. The molecule has 2 aromatic carbocycles. The average molecular weight is 369 g/mol. The fourth-order valence-corrected chi connectivity index (χ4v) is 3.49. The lowest BCUT2D eigenvalue weighted by molar-refractivity contribution is -0.0896. The van der Waals surface area contributed by atoms with Crippen molar-refractivity contribution in [1.82, 2.24) is 4.90 Å². The van der Waals surface area contributed by atoms with Crippen molar-refractivity contribution >= 4 is 6.08 Å². The third-order valence-corrected chi connectivity index (χ3v) is 4.83. The van der Waals surface area contributed by atoms with Crippen LogP contribution in [0, 0.1) is 0 Å². The minimum absolute atomic E-state index is 0.0299. The predicted molar refractivity (Wildman–Crippen MR) is 106 cm³/mol. The molecule has 1 N–H and O–H groups in total. The molecule has 27 heavy (non-hydrogen) atoms. The topological polar surface area (TPSA) is 51.2 Å². The summed E-state index contributed by atoms with van der Waals surface area (Å²) in [5.74, 6) is 1.37. The van der Waals surface area contributed by atoms with Gasteiger partial charge in [-0.2, -0.15) is 0 Å². The van der Waals surface area contributed by atoms with Crippen LogP contribution in [0.3, 0.4) is 0 Å². The summed E-state index contributed by atoms with van der Waals surface area (Å²) in [7, 11) is 3.25. The van der Waals surface area contributed by atoms with Gasteiger partial charge in [0, 0.05) is 13.1 Å². The van der Waals surface area contributed by atoms with E-state index in [0.29, 0.717) is 18.1 Å². The first-order chi connectivity index (χ1) is 13.3. The van der Waals surface area contributed by atoms with Crippen LogP contribution < -0.4 is 9.47 Å². The number of aliphatic hydroxyl groups excluding tert-OH is 1. The molecule has 0 aliphatic carbocycles. The van der Waals surface area contributed by atoms with Crippen LogP contribution in [0.25, 0.3) is 6.08 Å². The molecule has 0 aromatic heterocycles. The lowest BCUT2D eigenvalue weighted by Crippen LogP contribution is -2.46. The number of morpholine rings is 1. The van der Waals surface area contributed by atoms with Gasteiger partial charge in [0.05, 0.1) is 33.5 Å². The molecule has 0 radical (unpaired) electrons. The molecule has 144 valence electrons. The van der Waals surface area contributed by atoms with Crippen molar-refractivity contribution in [2.75, 3.05) is 40.5 Å². The van der Waals surface area contributed by atoms with Crippen LogP contribution in [-0.2, 0) is 4.74 Å². The number of ether oxygens (including phenoxy) is 3. The average Bonchev–Trinajstić information content (AvgIpc) is 2.73. The quantitative estimate of drug-likeness (QED) is 0.813. The predicted octanol–water partition coefficient (Wildman–Crippen LogP) is 3.15. The highest BCUT2D eigenvalue weighted by Gasteiger charge is 2.33. The van der Waals surface area contributed by atoms with Gasteiger partial charge in [-0.05, 0) is 23.3 Å². The van der Waals surface area contributed by atoms with Crippen LogP contribution in [0.2, 0.25) is 0 Å². The van der Waals surface area contributed by atoms with E-state index in [1.165, 1.54) is 5.56 Å². The summed E-state index contributed by atoms with van der Waals surface area (Å²) in [6, 6.07) is 16.1. The first-order valence-corrected chi connectivity index (χ1v) is 9.17. The Morgan fingerprint density at radius 1 is 1.11 bits per heavy atom. The zero-order chi connectivity index (χ0) is 19.1. The molecule has 1 aliphatic rings. The van der Waals surface area contributed by atoms with Gasteiger partial charge < -0.3 is 19.3 Å². The van der Waals surface area contributed by atoms with E-state index in [2.05, 4.69) is 29.2 Å². The first-order valence-electron chi connectivity index (χ1n) is 9.17. The molecule has 5 nitrogen and oxygen atoms in total. The van der Waals surface area contributed by atoms with E-state index in [4.69, 9.17) is 14.2 Å². The number of hydrogen-bond donors (Lipinski definition) is 1. The van der Waals surface area contributed by atoms with Crippen molar-refractivity contribution in [2.45, 2.75) is 12.1 Å². The van der Waals surface area contributed by atoms with Crippen LogP contribution in [-0.4, -0.2) is 56.6 Å². The third-order valence-electron chi connectivity index (χ3n) is 4.83. The highest BCUT2D eigenvalue weighted by Crippen LogP contribution is 2.35. The Balaban J connectivity index is 1.82. The maximum Gasteiger partial charge on any atom is 0.161 e. The standard InChI is InChI=1S/C22H27NO4/c1-25-19-11-10-18(15-20(19)26-2)22-21(16-24)27-14-13-23(22)12-6-9-17-7-4-3-5-8-17/h3-11,15,21-22,24H,12-14,16H2,1-2H3/b9-6+/t21-,22-/m1/s1. The molecular formula is C22H27NO4. The van der Waals surface area contributed by atoms with Crippen LogP contribution in [0.1, 0.15) is 17.2 Å². The number of rotatable bonds is 7. The molecule has 1 aliphatic heterocycles. The maximum atomic E-state index is 9.85. The Labute approximate surface area is 160 Å². The SMILES string of the molecule is COc1ccc([C@@H]2[C@@H](CO)OCCN2C/C=C/c2ccccc2)cc1OC. The number of methoxy groups -OCH3 is 2. The first kappa shape index (κ1) is 19.4. The molecule has 1 saturated heterocycles. The van der Waals surface area contributed by atoms with Crippen molar-refractivity contribution in [3.8, 4) is 11.5 Å². The van der Waals surface area contributed by atoms with Gasteiger partial charge in [-0.1, -0.05) is 48.6 Å². The van der Waals surface area contributed by atoms with E-state index in [-0.39, 0.29) is 18.8 Å². The Kier molecular flexibility index (Phi) is 6.87. The second-order valence-electron chi connectivity index (χ2n) is 6.46. The minimum atomic E-state index is -0.276. The smallest absolute Gasteiger partial charge is 0.161 e. The molecule has 5 heteroatoms. The van der Waals surface area contributed by atoms with Gasteiger partial charge in [0.25, 0.3) is 0 Å². The summed E-state index contributed by atoms with van der Waals surface area (Å²) in [4.78, 5) is 2.32. The second-order valence-corrected chi connectivity index (χ2v) is 6.46. The van der Waals surface area contributed by atoms with Crippen molar-refractivity contribution in [3.63, 3.8) is 0 Å². The Morgan fingerprint density at radius 2 is 1.89 bits per heavy atom. The zero-order valence-electron chi connectivity index (χ0n) is 15.9. The molecular weight excluding hydrogens is 342 g/mol. The lowest BCUT2D eigenvalue weighted by atomic mass is 9.97. The molecule has 3 rings (SSSR count). The molecule has 1 heterocycles. The van der Waals surface area contributed by atoms with Gasteiger partial charge in [0.15, 0.2) is 11.5 Å². The van der Waals surface area contributed by atoms with Gasteiger partial charge in [-0.3, -0.25) is 4.90 Å². The molecule has 0 bridgehead atoms. The fraction of sp³-hybridized carbons (Fsp3) is 0.364. The van der Waals surface area contributed by atoms with Gasteiger partial charge in [-0.25, -0.2) is 0 Å². The van der Waals surface area contributed by atoms with Crippen molar-refractivity contribution < 1.29 is 19.3 Å². The highest BCUT2D eigenvalue weighted by molar-refractivity contribution is 5.49. The largest absolute Gasteiger partial charge is 0.493 e. The molecule has 1 fully saturated rings. The van der Waals surface area contributed by atoms with E-state index in [1.807, 2.05) is 36.4 Å². The summed E-state index contributed by atoms with van der Waals surface area (Å²) in [6.45, 7) is 2.15. The van der Waals surface area contributed by atoms with Gasteiger partial charge in [0.1, 0.15) is 6.10 Å². The van der Waals surface area contributed by atoms with Crippen molar-refractivity contribution in [3.05, 3.63) is 65.7 Å². The summed E-state index contributed by atoms with van der Waals surface area (Å²) in [6.07, 6.45) is 4.00. The number of aliphatic hydroxyl groups is 1. The number of hydrogen-bond acceptors (Lipinski definition) is 5. The third kappa shape index (κ3) is 4.69. The summed E-state index contributed by atoms with van der Waals surface area (Å²) < 4.78 is 16.6. The van der Waals surface area contributed by atoms with Crippen LogP contribution in [0.5, 0.6) is 11.5 Å². The summed E-state index contributed by atoms with van der Waals surface area (Å²) in [5, 5.41) is 9.85. The van der Waals surface area contributed by atoms with Gasteiger partial charge >= 0.3 is 0 Å². The molecule has 0 spiro atoms. The summed E-state index contributed by atoms with van der Waals surface area (Å²) in [5.41, 5.74) is 2.21. The molecule has 0 amide bonds. The molecule has 2 aromatic rings. The minimum Gasteiger partial charge on any atom is -0.493 e. The van der Waals surface area contributed by atoms with Crippen LogP contribution in [0.15, 0.2) is 54.6 Å². The van der Waals surface area contributed by atoms with Gasteiger partial charge in [0.2, 0.25) is 0 Å². The maximum absolute atomic E-state index is 9.85. The number of benzene rings is 2. The number of nitrogens with zero attached hydrogens (tertiary/aromatic N) is 1. The van der Waals surface area contributed by atoms with Gasteiger partial charge in [-0.15, -0.1) is 0 Å².